The topological polar surface area (TPSA) is 112 Å². The normalized spacial score (nSPS) is 11.7. The van der Waals surface area contributed by atoms with Gasteiger partial charge in [-0.25, -0.2) is 4.98 Å². The molecule has 0 saturated heterocycles. The van der Waals surface area contributed by atoms with Gasteiger partial charge in [0.25, 0.3) is 0 Å². The number of nitrogens with zero attached hydrogens (tertiary/aromatic N) is 5. The van der Waals surface area contributed by atoms with Gasteiger partial charge in [-0.1, -0.05) is 25.2 Å². The molecule has 0 fully saturated rings. The van der Waals surface area contributed by atoms with Gasteiger partial charge in [-0.05, 0) is 30.3 Å². The first-order valence-corrected chi connectivity index (χ1v) is 10.6. The van der Waals surface area contributed by atoms with Crippen LogP contribution in [-0.4, -0.2) is 37.9 Å². The molecule has 156 valence electrons. The van der Waals surface area contributed by atoms with Crippen molar-refractivity contribution in [2.24, 2.45) is 0 Å². The summed E-state index contributed by atoms with van der Waals surface area (Å²) in [5.41, 5.74) is 4.16. The molecule has 0 aliphatic rings. The molecule has 0 aliphatic heterocycles. The molecule has 8 nitrogen and oxygen atoms in total. The van der Waals surface area contributed by atoms with Gasteiger partial charge in [-0.2, -0.15) is 0 Å². The predicted octanol–water partition coefficient (Wildman–Crippen LogP) is 4.37. The molecule has 4 heterocycles. The Hall–Kier alpha value is -3.72. The first kappa shape index (κ1) is 20.5. The van der Waals surface area contributed by atoms with Crippen LogP contribution in [-0.2, 0) is 0 Å². The standard InChI is InChI=1S/C22H22N8S/c1-13(2)21-29-30-22(31-21)28-19-5-4-17-18(27-19)10-15(11-26-17)16(12-24-3)20(23)14-6-8-25-9-7-14/h4-13,23-24H,1-3H3,(H,27,28,30)/b16-12-,23-20?. The molecule has 4 aromatic heterocycles. The number of rotatable bonds is 7. The van der Waals surface area contributed by atoms with Crippen molar-refractivity contribution in [3.63, 3.8) is 0 Å². The van der Waals surface area contributed by atoms with E-state index in [0.29, 0.717) is 28.2 Å². The zero-order valence-electron chi connectivity index (χ0n) is 17.4. The smallest absolute Gasteiger partial charge is 0.211 e. The minimum atomic E-state index is 0.331. The average Bonchev–Trinajstić information content (AvgIpc) is 3.26. The van der Waals surface area contributed by atoms with Gasteiger partial charge in [0.2, 0.25) is 5.13 Å². The number of fused-ring (bicyclic) bond motifs is 1. The lowest BCUT2D eigenvalue weighted by molar-refractivity contribution is 0.825. The van der Waals surface area contributed by atoms with E-state index in [9.17, 15) is 0 Å². The molecule has 31 heavy (non-hydrogen) atoms. The monoisotopic (exact) mass is 430 g/mol. The summed E-state index contributed by atoms with van der Waals surface area (Å²) < 4.78 is 0. The Kier molecular flexibility index (Phi) is 5.94. The van der Waals surface area contributed by atoms with Gasteiger partial charge in [0, 0.05) is 54.5 Å². The van der Waals surface area contributed by atoms with Crippen molar-refractivity contribution in [2.75, 3.05) is 12.4 Å². The molecule has 0 radical (unpaired) electrons. The third kappa shape index (κ3) is 4.56. The zero-order chi connectivity index (χ0) is 21.8. The highest BCUT2D eigenvalue weighted by Crippen LogP contribution is 2.26. The summed E-state index contributed by atoms with van der Waals surface area (Å²) in [6.07, 6.45) is 6.91. The number of aromatic nitrogens is 5. The molecule has 0 aliphatic carbocycles. The van der Waals surface area contributed by atoms with E-state index in [1.807, 2.05) is 37.4 Å². The number of nitrogens with one attached hydrogen (secondary N) is 3. The second kappa shape index (κ2) is 8.97. The van der Waals surface area contributed by atoms with E-state index in [1.54, 1.807) is 24.8 Å². The van der Waals surface area contributed by atoms with Crippen LogP contribution in [0.15, 0.2) is 55.1 Å². The van der Waals surface area contributed by atoms with Crippen LogP contribution < -0.4 is 10.6 Å². The maximum absolute atomic E-state index is 8.65. The number of hydrogen-bond acceptors (Lipinski definition) is 9. The highest BCUT2D eigenvalue weighted by atomic mass is 32.1. The molecule has 0 bridgehead atoms. The summed E-state index contributed by atoms with van der Waals surface area (Å²) in [7, 11) is 1.81. The maximum atomic E-state index is 8.65. The van der Waals surface area contributed by atoms with E-state index < -0.39 is 0 Å². The minimum absolute atomic E-state index is 0.331. The second-order valence-electron chi connectivity index (χ2n) is 7.14. The Morgan fingerprint density at radius 2 is 1.87 bits per heavy atom. The molecule has 0 amide bonds. The zero-order valence-corrected chi connectivity index (χ0v) is 18.2. The molecule has 0 atom stereocenters. The third-order valence-electron chi connectivity index (χ3n) is 4.54. The van der Waals surface area contributed by atoms with Crippen molar-refractivity contribution in [1.82, 2.24) is 30.5 Å². The molecule has 4 rings (SSSR count). The Morgan fingerprint density at radius 3 is 2.58 bits per heavy atom. The molecule has 0 saturated carbocycles. The number of allylic oxidation sites excluding steroid dienone is 1. The quantitative estimate of drug-likeness (QED) is 0.373. The van der Waals surface area contributed by atoms with Crippen LogP contribution >= 0.6 is 11.3 Å². The van der Waals surface area contributed by atoms with Crippen LogP contribution in [0.4, 0.5) is 10.9 Å². The van der Waals surface area contributed by atoms with E-state index in [2.05, 4.69) is 44.6 Å². The van der Waals surface area contributed by atoms with Gasteiger partial charge in [-0.3, -0.25) is 15.4 Å². The second-order valence-corrected chi connectivity index (χ2v) is 8.15. The van der Waals surface area contributed by atoms with Crippen molar-refractivity contribution in [3.8, 4) is 0 Å². The van der Waals surface area contributed by atoms with Crippen LogP contribution in [0.3, 0.4) is 0 Å². The third-order valence-corrected chi connectivity index (χ3v) is 5.68. The summed E-state index contributed by atoms with van der Waals surface area (Å²) in [4.78, 5) is 13.3. The Labute approximate surface area is 184 Å². The van der Waals surface area contributed by atoms with Crippen LogP contribution in [0.5, 0.6) is 0 Å². The van der Waals surface area contributed by atoms with Crippen molar-refractivity contribution in [3.05, 3.63) is 71.3 Å². The maximum Gasteiger partial charge on any atom is 0.211 e. The molecule has 3 N–H and O–H groups in total. The van der Waals surface area contributed by atoms with Crippen molar-refractivity contribution >= 4 is 44.6 Å². The Bertz CT molecular complexity index is 1250. The predicted molar refractivity (Wildman–Crippen MR) is 125 cm³/mol. The highest BCUT2D eigenvalue weighted by Gasteiger charge is 2.13. The molecule has 0 aromatic carbocycles. The molecule has 4 aromatic rings. The molecule has 9 heteroatoms. The molecular formula is C22H22N8S. The first-order chi connectivity index (χ1) is 15.0. The van der Waals surface area contributed by atoms with Crippen molar-refractivity contribution in [2.45, 2.75) is 19.8 Å². The highest BCUT2D eigenvalue weighted by molar-refractivity contribution is 7.15. The summed E-state index contributed by atoms with van der Waals surface area (Å²) in [5, 5.41) is 25.0. The van der Waals surface area contributed by atoms with E-state index in [0.717, 1.165) is 27.2 Å². The van der Waals surface area contributed by atoms with Gasteiger partial charge in [0.15, 0.2) is 0 Å². The van der Waals surface area contributed by atoms with Gasteiger partial charge in [-0.15, -0.1) is 10.2 Å². The minimum Gasteiger partial charge on any atom is -0.393 e. The fraction of sp³-hybridized carbons (Fsp3) is 0.182. The van der Waals surface area contributed by atoms with Gasteiger partial charge in [0.05, 0.1) is 16.7 Å². The summed E-state index contributed by atoms with van der Waals surface area (Å²) >= 11 is 1.52. The summed E-state index contributed by atoms with van der Waals surface area (Å²) in [5.74, 6) is 0.999. The average molecular weight is 431 g/mol. The van der Waals surface area contributed by atoms with Gasteiger partial charge >= 0.3 is 0 Å². The van der Waals surface area contributed by atoms with E-state index >= 15 is 0 Å². The van der Waals surface area contributed by atoms with Crippen LogP contribution in [0.25, 0.3) is 16.6 Å². The number of anilines is 2. The fourth-order valence-electron chi connectivity index (χ4n) is 2.97. The van der Waals surface area contributed by atoms with Crippen LogP contribution in [0.2, 0.25) is 0 Å². The summed E-state index contributed by atoms with van der Waals surface area (Å²) in [6.45, 7) is 4.18. The van der Waals surface area contributed by atoms with Crippen LogP contribution in [0.1, 0.15) is 35.9 Å². The SMILES string of the molecule is CN/C=C(\C(=N)c1ccncc1)c1cnc2ccc(Nc3nnc(C(C)C)s3)nc2c1. The van der Waals surface area contributed by atoms with Gasteiger partial charge < -0.3 is 10.6 Å². The molecule has 0 spiro atoms. The number of pyridine rings is 3. The van der Waals surface area contributed by atoms with E-state index in [1.165, 1.54) is 11.3 Å². The van der Waals surface area contributed by atoms with Crippen molar-refractivity contribution < 1.29 is 0 Å². The largest absolute Gasteiger partial charge is 0.393 e. The fourth-order valence-corrected chi connectivity index (χ4v) is 3.72. The first-order valence-electron chi connectivity index (χ1n) is 9.79. The lowest BCUT2D eigenvalue weighted by Crippen LogP contribution is -2.07. The number of hydrogen-bond donors (Lipinski definition) is 3. The lowest BCUT2D eigenvalue weighted by atomic mass is 9.98. The Morgan fingerprint density at radius 1 is 1.06 bits per heavy atom. The van der Waals surface area contributed by atoms with Crippen molar-refractivity contribution in [1.29, 1.82) is 5.41 Å². The van der Waals surface area contributed by atoms with Gasteiger partial charge in [0.1, 0.15) is 10.8 Å². The lowest BCUT2D eigenvalue weighted by Gasteiger charge is -2.11. The summed E-state index contributed by atoms with van der Waals surface area (Å²) in [6, 6.07) is 9.34. The molecular weight excluding hydrogens is 408 g/mol. The Balaban J connectivity index is 1.66. The molecule has 0 unspecified atom stereocenters. The van der Waals surface area contributed by atoms with E-state index in [4.69, 9.17) is 10.4 Å². The van der Waals surface area contributed by atoms with Crippen LogP contribution in [0, 0.1) is 5.41 Å². The van der Waals surface area contributed by atoms with E-state index in [-0.39, 0.29) is 0 Å².